The molecule has 1 rings (SSSR count). The van der Waals surface area contributed by atoms with Crippen LogP contribution in [0.25, 0.3) is 0 Å². The van der Waals surface area contributed by atoms with Crippen molar-refractivity contribution < 1.29 is 27.5 Å². The van der Waals surface area contributed by atoms with E-state index in [2.05, 4.69) is 4.74 Å². The van der Waals surface area contributed by atoms with Gasteiger partial charge in [-0.1, -0.05) is 0 Å². The van der Waals surface area contributed by atoms with Gasteiger partial charge in [-0.2, -0.15) is 13.2 Å². The monoisotopic (exact) mass is 282 g/mol. The summed E-state index contributed by atoms with van der Waals surface area (Å²) in [4.78, 5) is 24.4. The highest BCUT2D eigenvalue weighted by Gasteiger charge is 2.30. The quantitative estimate of drug-likeness (QED) is 0.765. The number of nitrogens with zero attached hydrogens (tertiary/aromatic N) is 1. The number of alkyl halides is 3. The van der Waals surface area contributed by atoms with Gasteiger partial charge in [-0.25, -0.2) is 0 Å². The summed E-state index contributed by atoms with van der Waals surface area (Å²) in [5, 5.41) is 1.81. The summed E-state index contributed by atoms with van der Waals surface area (Å²) < 4.78 is 40.4. The summed E-state index contributed by atoms with van der Waals surface area (Å²) >= 11 is 0. The molecule has 0 aliphatic carbocycles. The zero-order valence-corrected chi connectivity index (χ0v) is 10.6. The number of rotatable bonds is 4. The Morgan fingerprint density at radius 1 is 1.42 bits per heavy atom. The van der Waals surface area contributed by atoms with Crippen molar-refractivity contribution in [3.63, 3.8) is 0 Å². The molecule has 1 amide bonds. The third-order valence-electron chi connectivity index (χ3n) is 2.89. The molecule has 1 unspecified atom stereocenters. The second-order valence-corrected chi connectivity index (χ2v) is 4.49. The number of ether oxygens (including phenoxy) is 1. The SMILES string of the molecule is COC(=O)C1CCCN(CC(=O)NCC(F)(F)F)C1. The van der Waals surface area contributed by atoms with Crippen LogP contribution >= 0.6 is 0 Å². The number of hydrogen-bond donors (Lipinski definition) is 1. The Morgan fingerprint density at radius 3 is 2.68 bits per heavy atom. The van der Waals surface area contributed by atoms with E-state index in [1.807, 2.05) is 0 Å². The third-order valence-corrected chi connectivity index (χ3v) is 2.89. The molecule has 1 N–H and O–H groups in total. The molecule has 0 spiro atoms. The van der Waals surface area contributed by atoms with Gasteiger partial charge < -0.3 is 10.1 Å². The van der Waals surface area contributed by atoms with E-state index in [0.717, 1.165) is 0 Å². The van der Waals surface area contributed by atoms with Crippen LogP contribution in [0.1, 0.15) is 12.8 Å². The third kappa shape index (κ3) is 5.91. The summed E-state index contributed by atoms with van der Waals surface area (Å²) in [6.07, 6.45) is -3.02. The maximum Gasteiger partial charge on any atom is 0.405 e. The summed E-state index contributed by atoms with van der Waals surface area (Å²) in [7, 11) is 1.29. The highest BCUT2D eigenvalue weighted by molar-refractivity contribution is 5.78. The smallest absolute Gasteiger partial charge is 0.405 e. The van der Waals surface area contributed by atoms with Crippen LogP contribution in [-0.4, -0.2) is 56.2 Å². The summed E-state index contributed by atoms with van der Waals surface area (Å²) in [6.45, 7) is -0.539. The van der Waals surface area contributed by atoms with E-state index in [0.29, 0.717) is 25.9 Å². The molecule has 1 atom stereocenters. The molecule has 19 heavy (non-hydrogen) atoms. The fourth-order valence-corrected chi connectivity index (χ4v) is 2.02. The standard InChI is InChI=1S/C11H17F3N2O3/c1-19-10(18)8-3-2-4-16(5-8)6-9(17)15-7-11(12,13)14/h8H,2-7H2,1H3,(H,15,17). The zero-order chi connectivity index (χ0) is 14.5. The Kier molecular flexibility index (Phi) is 5.59. The second kappa shape index (κ2) is 6.74. The molecule has 1 fully saturated rings. The van der Waals surface area contributed by atoms with E-state index >= 15 is 0 Å². The van der Waals surface area contributed by atoms with Gasteiger partial charge in [0, 0.05) is 6.54 Å². The van der Waals surface area contributed by atoms with E-state index in [-0.39, 0.29) is 18.4 Å². The van der Waals surface area contributed by atoms with Crippen molar-refractivity contribution >= 4 is 11.9 Å². The van der Waals surface area contributed by atoms with Crippen LogP contribution in [0, 0.1) is 5.92 Å². The second-order valence-electron chi connectivity index (χ2n) is 4.49. The van der Waals surface area contributed by atoms with Gasteiger partial charge in [0.15, 0.2) is 0 Å². The highest BCUT2D eigenvalue weighted by atomic mass is 19.4. The molecule has 1 heterocycles. The molecule has 0 saturated carbocycles. The Balaban J connectivity index is 2.36. The Morgan fingerprint density at radius 2 is 2.11 bits per heavy atom. The molecular formula is C11H17F3N2O3. The first-order valence-electron chi connectivity index (χ1n) is 5.95. The number of esters is 1. The number of amides is 1. The van der Waals surface area contributed by atoms with Crippen LogP contribution in [0.2, 0.25) is 0 Å². The van der Waals surface area contributed by atoms with E-state index in [9.17, 15) is 22.8 Å². The first-order chi connectivity index (χ1) is 8.81. The van der Waals surface area contributed by atoms with Gasteiger partial charge in [0.1, 0.15) is 6.54 Å². The minimum absolute atomic E-state index is 0.135. The van der Waals surface area contributed by atoms with Gasteiger partial charge >= 0.3 is 12.1 Å². The van der Waals surface area contributed by atoms with Crippen LogP contribution in [0.15, 0.2) is 0 Å². The molecule has 110 valence electrons. The number of piperidine rings is 1. The Hall–Kier alpha value is -1.31. The van der Waals surface area contributed by atoms with Gasteiger partial charge in [0.05, 0.1) is 19.6 Å². The van der Waals surface area contributed by atoms with E-state index in [1.54, 1.807) is 10.2 Å². The van der Waals surface area contributed by atoms with Gasteiger partial charge in [0.2, 0.25) is 5.91 Å². The van der Waals surface area contributed by atoms with E-state index in [1.165, 1.54) is 7.11 Å². The first-order valence-corrected chi connectivity index (χ1v) is 5.95. The summed E-state index contributed by atoms with van der Waals surface area (Å²) in [5.74, 6) is -1.35. The number of carbonyl (C=O) groups excluding carboxylic acids is 2. The molecule has 0 aromatic carbocycles. The minimum Gasteiger partial charge on any atom is -0.469 e. The van der Waals surface area contributed by atoms with Crippen molar-refractivity contribution in [2.75, 3.05) is 33.3 Å². The molecule has 1 saturated heterocycles. The van der Waals surface area contributed by atoms with Crippen LogP contribution in [0.4, 0.5) is 13.2 Å². The largest absolute Gasteiger partial charge is 0.469 e. The Bertz CT molecular complexity index is 334. The number of carbonyl (C=O) groups is 2. The van der Waals surface area contributed by atoms with Crippen LogP contribution in [0.5, 0.6) is 0 Å². The molecule has 0 radical (unpaired) electrons. The first kappa shape index (κ1) is 15.7. The predicted octanol–water partition coefficient (Wildman–Crippen LogP) is 0.550. The van der Waals surface area contributed by atoms with Crippen molar-refractivity contribution in [2.45, 2.75) is 19.0 Å². The molecule has 8 heteroatoms. The molecule has 1 aliphatic heterocycles. The van der Waals surface area contributed by atoms with Crippen LogP contribution < -0.4 is 5.32 Å². The van der Waals surface area contributed by atoms with Crippen molar-refractivity contribution in [2.24, 2.45) is 5.92 Å². The summed E-state index contributed by atoms with van der Waals surface area (Å²) in [6, 6.07) is 0. The van der Waals surface area contributed by atoms with Crippen molar-refractivity contribution in [1.82, 2.24) is 10.2 Å². The maximum atomic E-state index is 11.9. The topological polar surface area (TPSA) is 58.6 Å². The molecule has 1 aliphatic rings. The number of methoxy groups -OCH3 is 1. The molecular weight excluding hydrogens is 265 g/mol. The summed E-state index contributed by atoms with van der Waals surface area (Å²) in [5.41, 5.74) is 0. The lowest BCUT2D eigenvalue weighted by Crippen LogP contribution is -2.45. The van der Waals surface area contributed by atoms with Gasteiger partial charge in [-0.15, -0.1) is 0 Å². The average Bonchev–Trinajstić information content (AvgIpc) is 2.35. The van der Waals surface area contributed by atoms with Crippen LogP contribution in [-0.2, 0) is 14.3 Å². The van der Waals surface area contributed by atoms with Gasteiger partial charge in [-0.3, -0.25) is 14.5 Å². The lowest BCUT2D eigenvalue weighted by atomic mass is 9.98. The zero-order valence-electron chi connectivity index (χ0n) is 10.6. The minimum atomic E-state index is -4.41. The highest BCUT2D eigenvalue weighted by Crippen LogP contribution is 2.17. The van der Waals surface area contributed by atoms with Gasteiger partial charge in [-0.05, 0) is 19.4 Å². The van der Waals surface area contributed by atoms with Gasteiger partial charge in [0.25, 0.3) is 0 Å². The molecule has 0 aromatic rings. The fraction of sp³-hybridized carbons (Fsp3) is 0.818. The molecule has 5 nitrogen and oxygen atoms in total. The number of hydrogen-bond acceptors (Lipinski definition) is 4. The maximum absolute atomic E-state index is 11.9. The van der Waals surface area contributed by atoms with E-state index in [4.69, 9.17) is 0 Å². The lowest BCUT2D eigenvalue weighted by Gasteiger charge is -2.30. The van der Waals surface area contributed by atoms with Crippen molar-refractivity contribution in [1.29, 1.82) is 0 Å². The number of halogens is 3. The van der Waals surface area contributed by atoms with E-state index < -0.39 is 18.6 Å². The van der Waals surface area contributed by atoms with Crippen molar-refractivity contribution in [3.8, 4) is 0 Å². The number of likely N-dealkylation sites (tertiary alicyclic amines) is 1. The predicted molar refractivity (Wildman–Crippen MR) is 60.2 cm³/mol. The lowest BCUT2D eigenvalue weighted by molar-refractivity contribution is -0.148. The normalized spacial score (nSPS) is 20.9. The van der Waals surface area contributed by atoms with Crippen molar-refractivity contribution in [3.05, 3.63) is 0 Å². The molecule has 0 aromatic heterocycles. The average molecular weight is 282 g/mol. The fourth-order valence-electron chi connectivity index (χ4n) is 2.02. The number of nitrogens with one attached hydrogen (secondary N) is 1. The Labute approximate surface area is 109 Å². The molecule has 0 bridgehead atoms. The van der Waals surface area contributed by atoms with Crippen LogP contribution in [0.3, 0.4) is 0 Å².